The lowest BCUT2D eigenvalue weighted by molar-refractivity contribution is -0.384. The summed E-state index contributed by atoms with van der Waals surface area (Å²) in [7, 11) is 0. The average molecular weight is 450 g/mol. The number of hydrogen-bond acceptors (Lipinski definition) is 5. The fourth-order valence-electron chi connectivity index (χ4n) is 4.24. The molecule has 0 radical (unpaired) electrons. The van der Waals surface area contributed by atoms with Gasteiger partial charge in [-0.05, 0) is 61.1 Å². The Morgan fingerprint density at radius 3 is 2.42 bits per heavy atom. The minimum Gasteiger partial charge on any atom is -0.481 e. The van der Waals surface area contributed by atoms with E-state index in [0.29, 0.717) is 24.2 Å². The van der Waals surface area contributed by atoms with Gasteiger partial charge in [-0.2, -0.15) is 0 Å². The Kier molecular flexibility index (Phi) is 6.76. The monoisotopic (exact) mass is 449 g/mol. The zero-order valence-electron chi connectivity index (χ0n) is 18.8. The van der Waals surface area contributed by atoms with Crippen molar-refractivity contribution in [3.05, 3.63) is 70.3 Å². The molecule has 0 spiro atoms. The number of nitrogens with zero attached hydrogens (tertiary/aromatic N) is 2. The number of rotatable bonds is 7. The van der Waals surface area contributed by atoms with Gasteiger partial charge in [0.05, 0.1) is 21.7 Å². The number of anilines is 1. The molecule has 0 aromatic heterocycles. The van der Waals surface area contributed by atoms with E-state index in [4.69, 9.17) is 0 Å². The molecule has 8 heteroatoms. The molecule has 172 valence electrons. The number of non-ortho nitro benzene ring substituents is 1. The molecule has 3 rings (SSSR count). The highest BCUT2D eigenvalue weighted by Gasteiger charge is 2.58. The Morgan fingerprint density at radius 1 is 1.15 bits per heavy atom. The van der Waals surface area contributed by atoms with E-state index in [-0.39, 0.29) is 11.6 Å². The SMILES string of the molecule is CC1(C(=O)O)CCC(C(=O)Nc2ccccc2N=C/C=C/c2ccc([N+](=O)[O-])cc2)C1(C)C. The normalized spacial score (nSPS) is 22.0. The first-order valence-electron chi connectivity index (χ1n) is 10.6. The highest BCUT2D eigenvalue weighted by molar-refractivity contribution is 5.97. The van der Waals surface area contributed by atoms with Crippen LogP contribution in [0.25, 0.3) is 6.08 Å². The molecule has 1 aliphatic rings. The minimum atomic E-state index is -0.963. The molecule has 33 heavy (non-hydrogen) atoms. The maximum absolute atomic E-state index is 13.1. The quantitative estimate of drug-likeness (QED) is 0.329. The van der Waals surface area contributed by atoms with E-state index < -0.39 is 27.6 Å². The highest BCUT2D eigenvalue weighted by Crippen LogP contribution is 2.56. The van der Waals surface area contributed by atoms with Gasteiger partial charge in [-0.25, -0.2) is 0 Å². The van der Waals surface area contributed by atoms with E-state index in [1.54, 1.807) is 55.6 Å². The van der Waals surface area contributed by atoms with Gasteiger partial charge in [0, 0.05) is 24.3 Å². The maximum Gasteiger partial charge on any atom is 0.309 e. The van der Waals surface area contributed by atoms with Crippen LogP contribution in [0.2, 0.25) is 0 Å². The lowest BCUT2D eigenvalue weighted by Gasteiger charge is -2.37. The van der Waals surface area contributed by atoms with E-state index in [1.807, 2.05) is 19.9 Å². The third kappa shape index (κ3) is 4.84. The van der Waals surface area contributed by atoms with E-state index >= 15 is 0 Å². The summed E-state index contributed by atoms with van der Waals surface area (Å²) < 4.78 is 0. The maximum atomic E-state index is 13.1. The summed E-state index contributed by atoms with van der Waals surface area (Å²) in [6.45, 7) is 5.38. The van der Waals surface area contributed by atoms with Crippen LogP contribution in [0.5, 0.6) is 0 Å². The molecular formula is C25H27N3O5. The molecule has 1 fully saturated rings. The van der Waals surface area contributed by atoms with Gasteiger partial charge in [0.25, 0.3) is 5.69 Å². The van der Waals surface area contributed by atoms with Crippen LogP contribution in [0.1, 0.15) is 39.2 Å². The van der Waals surface area contributed by atoms with Gasteiger partial charge in [0.1, 0.15) is 0 Å². The van der Waals surface area contributed by atoms with Crippen molar-refractivity contribution in [2.24, 2.45) is 21.7 Å². The summed E-state index contributed by atoms with van der Waals surface area (Å²) in [5.74, 6) is -1.53. The summed E-state index contributed by atoms with van der Waals surface area (Å²) in [5, 5.41) is 23.4. The first kappa shape index (κ1) is 23.8. The third-order valence-electron chi connectivity index (χ3n) is 6.87. The molecule has 1 amide bonds. The number of aliphatic imine (C=N–C) groups is 1. The van der Waals surface area contributed by atoms with Crippen LogP contribution < -0.4 is 5.32 Å². The van der Waals surface area contributed by atoms with Crippen molar-refractivity contribution in [2.45, 2.75) is 33.6 Å². The van der Waals surface area contributed by atoms with Gasteiger partial charge in [0.2, 0.25) is 5.91 Å². The van der Waals surface area contributed by atoms with Crippen molar-refractivity contribution < 1.29 is 19.6 Å². The van der Waals surface area contributed by atoms with Gasteiger partial charge in [0.15, 0.2) is 0 Å². The minimum absolute atomic E-state index is 0.0274. The number of nitro groups is 1. The number of hydrogen-bond donors (Lipinski definition) is 2. The predicted octanol–water partition coefficient (Wildman–Crippen LogP) is 5.48. The Labute approximate surface area is 192 Å². The van der Waals surface area contributed by atoms with Crippen molar-refractivity contribution in [1.82, 2.24) is 0 Å². The van der Waals surface area contributed by atoms with Crippen LogP contribution in [0.4, 0.5) is 17.1 Å². The molecule has 1 aliphatic carbocycles. The second kappa shape index (κ2) is 9.36. The number of nitro benzene ring substituents is 1. The van der Waals surface area contributed by atoms with Gasteiger partial charge < -0.3 is 10.4 Å². The number of carboxylic acids is 1. The summed E-state index contributed by atoms with van der Waals surface area (Å²) >= 11 is 0. The average Bonchev–Trinajstić information content (AvgIpc) is 3.02. The number of carbonyl (C=O) groups excluding carboxylic acids is 1. The number of aliphatic carboxylic acids is 1. The largest absolute Gasteiger partial charge is 0.481 e. The van der Waals surface area contributed by atoms with Gasteiger partial charge >= 0.3 is 5.97 Å². The van der Waals surface area contributed by atoms with Crippen molar-refractivity contribution in [3.8, 4) is 0 Å². The van der Waals surface area contributed by atoms with Crippen LogP contribution in [0, 0.1) is 26.9 Å². The molecule has 0 aliphatic heterocycles. The van der Waals surface area contributed by atoms with Crippen molar-refractivity contribution in [2.75, 3.05) is 5.32 Å². The number of benzene rings is 2. The molecule has 2 atom stereocenters. The molecule has 2 N–H and O–H groups in total. The number of nitrogens with one attached hydrogen (secondary N) is 1. The van der Waals surface area contributed by atoms with Crippen LogP contribution in [0.3, 0.4) is 0 Å². The molecule has 0 saturated heterocycles. The smallest absolute Gasteiger partial charge is 0.309 e. The molecule has 0 bridgehead atoms. The highest BCUT2D eigenvalue weighted by atomic mass is 16.6. The first-order valence-corrected chi connectivity index (χ1v) is 10.6. The third-order valence-corrected chi connectivity index (χ3v) is 6.87. The van der Waals surface area contributed by atoms with Crippen molar-refractivity contribution in [3.63, 3.8) is 0 Å². The predicted molar refractivity (Wildman–Crippen MR) is 128 cm³/mol. The Hall–Kier alpha value is -3.81. The van der Waals surface area contributed by atoms with Crippen molar-refractivity contribution in [1.29, 1.82) is 0 Å². The standard InChI is InChI=1S/C25H27N3O5/c1-24(2)19(14-15-25(24,3)23(30)31)22(29)27-21-9-5-4-8-20(21)26-16-6-7-17-10-12-18(13-11-17)28(32)33/h4-13,16,19H,14-15H2,1-3H3,(H,27,29)(H,30,31)/b7-6+,26-16?. The Bertz CT molecular complexity index is 1120. The Balaban J connectivity index is 1.71. The summed E-state index contributed by atoms with van der Waals surface area (Å²) in [5.41, 5.74) is 0.264. The second-order valence-electron chi connectivity index (χ2n) is 8.94. The lowest BCUT2D eigenvalue weighted by Crippen LogP contribution is -2.43. The van der Waals surface area contributed by atoms with Crippen molar-refractivity contribution >= 4 is 41.2 Å². The van der Waals surface area contributed by atoms with Crippen LogP contribution in [-0.2, 0) is 9.59 Å². The molecule has 1 saturated carbocycles. The number of allylic oxidation sites excluding steroid dienone is 1. The first-order chi connectivity index (χ1) is 15.6. The van der Waals surface area contributed by atoms with E-state index in [1.165, 1.54) is 12.1 Å². The fraction of sp³-hybridized carbons (Fsp3) is 0.320. The lowest BCUT2D eigenvalue weighted by atomic mass is 9.65. The summed E-state index contributed by atoms with van der Waals surface area (Å²) in [6, 6.07) is 13.3. The van der Waals surface area contributed by atoms with Gasteiger partial charge in [-0.3, -0.25) is 24.7 Å². The molecule has 2 aromatic carbocycles. The zero-order valence-corrected chi connectivity index (χ0v) is 18.8. The number of amides is 1. The molecular weight excluding hydrogens is 422 g/mol. The van der Waals surface area contributed by atoms with Gasteiger partial charge in [-0.1, -0.05) is 32.1 Å². The summed E-state index contributed by atoms with van der Waals surface area (Å²) in [4.78, 5) is 39.6. The topological polar surface area (TPSA) is 122 Å². The van der Waals surface area contributed by atoms with E-state index in [2.05, 4.69) is 10.3 Å². The zero-order chi connectivity index (χ0) is 24.2. The Morgan fingerprint density at radius 2 is 1.82 bits per heavy atom. The second-order valence-corrected chi connectivity index (χ2v) is 8.94. The molecule has 8 nitrogen and oxygen atoms in total. The number of carbonyl (C=O) groups is 2. The fourth-order valence-corrected chi connectivity index (χ4v) is 4.24. The molecule has 0 heterocycles. The van der Waals surface area contributed by atoms with Crippen LogP contribution >= 0.6 is 0 Å². The molecule has 2 unspecified atom stereocenters. The van der Waals surface area contributed by atoms with Crippen LogP contribution in [-0.4, -0.2) is 28.1 Å². The van der Waals surface area contributed by atoms with Crippen LogP contribution in [0.15, 0.2) is 59.6 Å². The number of para-hydroxylation sites is 2. The summed E-state index contributed by atoms with van der Waals surface area (Å²) in [6.07, 6.45) is 6.00. The van der Waals surface area contributed by atoms with Gasteiger partial charge in [-0.15, -0.1) is 0 Å². The molecule has 2 aromatic rings. The van der Waals surface area contributed by atoms with E-state index in [0.717, 1.165) is 5.56 Å². The number of carboxylic acid groups (broad SMARTS) is 1. The van der Waals surface area contributed by atoms with E-state index in [9.17, 15) is 24.8 Å².